The first-order chi connectivity index (χ1) is 28.6. The minimum Gasteiger partial charge on any atom is -0.409 e. The van der Waals surface area contributed by atoms with E-state index in [1.165, 1.54) is 17.2 Å². The van der Waals surface area contributed by atoms with E-state index in [-0.39, 0.29) is 37.9 Å². The number of nitrogens with zero attached hydrogens (tertiary/aromatic N) is 4. The van der Waals surface area contributed by atoms with Crippen LogP contribution in [0, 0.1) is 22.3 Å². The number of aliphatic hydroxyl groups is 2. The van der Waals surface area contributed by atoms with E-state index in [0.29, 0.717) is 0 Å². The first kappa shape index (κ1) is 50.7. The quantitative estimate of drug-likeness (QED) is 0.133. The van der Waals surface area contributed by atoms with Crippen LogP contribution in [0.1, 0.15) is 24.0 Å². The number of benzene rings is 2. The van der Waals surface area contributed by atoms with Crippen molar-refractivity contribution in [3.63, 3.8) is 0 Å². The van der Waals surface area contributed by atoms with Crippen LogP contribution in [-0.2, 0) is 50.6 Å². The number of nitriles is 2. The lowest BCUT2D eigenvalue weighted by molar-refractivity contribution is -0.278. The lowest BCUT2D eigenvalue weighted by Crippen LogP contribution is -2.77. The van der Waals surface area contributed by atoms with Gasteiger partial charge in [0, 0.05) is 5.69 Å². The molecule has 7 atom stereocenters. The van der Waals surface area contributed by atoms with Gasteiger partial charge in [0.25, 0.3) is 0 Å². The molecule has 0 bridgehead atoms. The van der Waals surface area contributed by atoms with Crippen molar-refractivity contribution in [1.29, 1.82) is 10.5 Å². The predicted octanol–water partition coefficient (Wildman–Crippen LogP) is 6.55. The summed E-state index contributed by atoms with van der Waals surface area (Å²) in [6.07, 6.45) is 2.32. The molecule has 2 aromatic rings. The summed E-state index contributed by atoms with van der Waals surface area (Å²) in [5.74, 6) is -0.983. The fourth-order valence-corrected chi connectivity index (χ4v) is 10.5. The Hall–Kier alpha value is -3.90. The SMILES string of the molecule is C[Si](C)(C)C#N.C[Si](C)(C)O[C@@H]1[C@H](O[Si](C)(C)C)[C@@](C#N)(O[Si](C)(C)C)C=C[C@]12CC(=O)N2OCc1ccccc1.O=C1C=C[C@]2(CC(=O)N2OCc2ccccc2)[C@H](O)[C@@H]1O. The molecule has 2 aliphatic carbocycles. The molecule has 4 aliphatic rings. The van der Waals surface area contributed by atoms with Crippen molar-refractivity contribution in [2.75, 3.05) is 0 Å². The summed E-state index contributed by atoms with van der Waals surface area (Å²) >= 11 is 0. The minimum absolute atomic E-state index is 0.00377. The molecule has 2 aliphatic heterocycles. The monoisotopic (exact) mass is 920 g/mol. The van der Waals surface area contributed by atoms with Crippen molar-refractivity contribution in [2.45, 2.75) is 146 Å². The molecule has 0 saturated carbocycles. The van der Waals surface area contributed by atoms with Crippen molar-refractivity contribution in [3.05, 3.63) is 96.1 Å². The molecule has 2 aromatic carbocycles. The Bertz CT molecular complexity index is 2050. The Morgan fingerprint density at radius 2 is 1.08 bits per heavy atom. The normalized spacial score (nSPS) is 28.2. The number of amides is 2. The van der Waals surface area contributed by atoms with Gasteiger partial charge < -0.3 is 23.5 Å². The van der Waals surface area contributed by atoms with E-state index in [1.54, 1.807) is 6.08 Å². The zero-order valence-corrected chi connectivity index (χ0v) is 42.2. The molecule has 2 spiro atoms. The lowest BCUT2D eigenvalue weighted by Gasteiger charge is -2.59. The number of hydrogen-bond acceptors (Lipinski definition) is 12. The van der Waals surface area contributed by atoms with E-state index in [1.807, 2.05) is 86.4 Å². The van der Waals surface area contributed by atoms with Gasteiger partial charge >= 0.3 is 0 Å². The van der Waals surface area contributed by atoms with Gasteiger partial charge in [-0.3, -0.25) is 24.1 Å². The summed E-state index contributed by atoms with van der Waals surface area (Å²) < 4.78 is 20.1. The highest BCUT2D eigenvalue weighted by atomic mass is 28.4. The van der Waals surface area contributed by atoms with Crippen molar-refractivity contribution in [1.82, 2.24) is 10.1 Å². The fraction of sp³-hybridized carbons (Fsp3) is 0.523. The van der Waals surface area contributed by atoms with E-state index in [9.17, 15) is 29.9 Å². The Labute approximate surface area is 371 Å². The van der Waals surface area contributed by atoms with Crippen molar-refractivity contribution in [2.24, 2.45) is 0 Å². The van der Waals surface area contributed by atoms with E-state index in [2.05, 4.69) is 70.7 Å². The summed E-state index contributed by atoms with van der Waals surface area (Å²) in [4.78, 5) is 47.6. The number of carbonyl (C=O) groups is 3. The van der Waals surface area contributed by atoms with Crippen molar-refractivity contribution < 1.29 is 47.5 Å². The Balaban J connectivity index is 0.000000263. The molecule has 14 nitrogen and oxygen atoms in total. The fourth-order valence-electron chi connectivity index (χ4n) is 7.15. The standard InChI is InChI=1S/C25H40N2O5Si3.C15H15NO5.C4H9NSi/c1-33(2,3)30-22-23(31-34(4,5)6)25(19-26,32-35(7,8)9)16-15-24(22)17-21(28)27(24)29-18-20-13-11-10-12-14-20;17-11-6-7-15(14(20)13(11)19)8-12(18)16(15)21-9-10-4-2-1-3-5-10;1-6(2,3)4-5/h10-16,22-23H,17-18H2,1-9H3;1-7,13-14,19-20H,8-9H2;1-3H3/t22-,23+,24+,25-;13-,14-,15+;/m11./s1. The van der Waals surface area contributed by atoms with Gasteiger partial charge in [0.15, 0.2) is 44.4 Å². The number of hydroxylamine groups is 4. The van der Waals surface area contributed by atoms with Gasteiger partial charge in [-0.25, -0.2) is 15.4 Å². The molecule has 336 valence electrons. The molecule has 2 heterocycles. The molecule has 2 fully saturated rings. The number of rotatable bonds is 12. The number of hydrogen-bond donors (Lipinski definition) is 2. The highest BCUT2D eigenvalue weighted by molar-refractivity contribution is 6.83. The highest BCUT2D eigenvalue weighted by Gasteiger charge is 2.66. The zero-order chi connectivity index (χ0) is 46.5. The smallest absolute Gasteiger partial charge is 0.249 e. The molecule has 0 radical (unpaired) electrons. The van der Waals surface area contributed by atoms with Gasteiger partial charge in [-0.15, -0.1) is 0 Å². The molecule has 0 aromatic heterocycles. The number of β-lactam (4-membered cyclic amide) rings is 2. The second-order valence-corrected chi connectivity index (χ2v) is 38.0. The van der Waals surface area contributed by atoms with E-state index in [4.69, 9.17) is 28.2 Å². The average Bonchev–Trinajstić information content (AvgIpc) is 3.17. The van der Waals surface area contributed by atoms with Gasteiger partial charge in [0.05, 0.1) is 12.8 Å². The first-order valence-corrected chi connectivity index (χ1v) is 34.5. The summed E-state index contributed by atoms with van der Waals surface area (Å²) in [7, 11) is -7.80. The maximum atomic E-state index is 12.9. The maximum absolute atomic E-state index is 12.9. The van der Waals surface area contributed by atoms with Crippen LogP contribution in [0.25, 0.3) is 0 Å². The third-order valence-electron chi connectivity index (χ3n) is 9.88. The molecular weight excluding hydrogens is 857 g/mol. The molecule has 62 heavy (non-hydrogen) atoms. The van der Waals surface area contributed by atoms with Crippen LogP contribution >= 0.6 is 0 Å². The van der Waals surface area contributed by atoms with Gasteiger partial charge in [-0.1, -0.05) is 86.4 Å². The van der Waals surface area contributed by atoms with Crippen LogP contribution in [0.4, 0.5) is 0 Å². The Kier molecular flexibility index (Phi) is 15.9. The highest BCUT2D eigenvalue weighted by Crippen LogP contribution is 2.49. The van der Waals surface area contributed by atoms with Crippen LogP contribution in [0.5, 0.6) is 0 Å². The van der Waals surface area contributed by atoms with Crippen LogP contribution < -0.4 is 0 Å². The maximum Gasteiger partial charge on any atom is 0.249 e. The van der Waals surface area contributed by atoms with Gasteiger partial charge in [-0.2, -0.15) is 5.26 Å². The van der Waals surface area contributed by atoms with Crippen LogP contribution in [0.15, 0.2) is 85.0 Å². The number of aliphatic hydroxyl groups excluding tert-OH is 2. The third-order valence-corrected chi connectivity index (χ3v) is 13.4. The molecule has 2 amide bonds. The van der Waals surface area contributed by atoms with Crippen LogP contribution in [0.2, 0.25) is 78.6 Å². The molecular formula is C44H64N4O10Si4. The Morgan fingerprint density at radius 3 is 1.48 bits per heavy atom. The minimum atomic E-state index is -2.17. The van der Waals surface area contributed by atoms with E-state index in [0.717, 1.165) is 16.2 Å². The summed E-state index contributed by atoms with van der Waals surface area (Å²) in [6.45, 7) is 25.3. The van der Waals surface area contributed by atoms with Crippen LogP contribution in [-0.4, -0.2) is 112 Å². The lowest BCUT2D eigenvalue weighted by atomic mass is 9.70. The third kappa shape index (κ3) is 12.4. The Morgan fingerprint density at radius 1 is 0.645 bits per heavy atom. The summed E-state index contributed by atoms with van der Waals surface area (Å²) in [6, 6.07) is 21.5. The topological polar surface area (TPSA) is 192 Å². The molecule has 18 heteroatoms. The largest absolute Gasteiger partial charge is 0.409 e. The molecule has 2 saturated heterocycles. The van der Waals surface area contributed by atoms with Gasteiger partial charge in [0.2, 0.25) is 11.8 Å². The molecule has 6 rings (SSSR count). The molecule has 2 N–H and O–H groups in total. The van der Waals surface area contributed by atoms with Gasteiger partial charge in [-0.05, 0) is 88.3 Å². The first-order valence-electron chi connectivity index (χ1n) is 20.8. The second kappa shape index (κ2) is 19.5. The van der Waals surface area contributed by atoms with Gasteiger partial charge in [0.1, 0.15) is 54.8 Å². The summed E-state index contributed by atoms with van der Waals surface area (Å²) in [5, 5.41) is 41.0. The number of ketones is 1. The second-order valence-electron chi connectivity index (χ2n) is 20.0. The predicted molar refractivity (Wildman–Crippen MR) is 244 cm³/mol. The van der Waals surface area contributed by atoms with E-state index >= 15 is 0 Å². The molecule has 0 unspecified atom stereocenters. The van der Waals surface area contributed by atoms with Crippen molar-refractivity contribution >= 4 is 50.6 Å². The van der Waals surface area contributed by atoms with Crippen molar-refractivity contribution in [3.8, 4) is 11.8 Å². The van der Waals surface area contributed by atoms with Crippen LogP contribution in [0.3, 0.4) is 0 Å². The number of carbonyl (C=O) groups excluding carboxylic acids is 3. The zero-order valence-electron chi connectivity index (χ0n) is 38.2. The van der Waals surface area contributed by atoms with E-state index < -0.39 is 79.9 Å². The summed E-state index contributed by atoms with van der Waals surface area (Å²) in [5.41, 5.74) is 0.766. The average molecular weight is 921 g/mol.